The Kier molecular flexibility index (Phi) is 7.48. The number of methoxy groups -OCH3 is 1. The van der Waals surface area contributed by atoms with Crippen LogP contribution in [0.25, 0.3) is 27.8 Å². The summed E-state index contributed by atoms with van der Waals surface area (Å²) in [7, 11) is 1.65. The molecule has 3 saturated heterocycles. The molecule has 45 heavy (non-hydrogen) atoms. The van der Waals surface area contributed by atoms with Crippen LogP contribution in [0.5, 0.6) is 5.88 Å². The van der Waals surface area contributed by atoms with Crippen molar-refractivity contribution in [2.75, 3.05) is 56.4 Å². The normalized spacial score (nSPS) is 19.5. The third-order valence-electron chi connectivity index (χ3n) is 8.59. The number of pyridine rings is 1. The highest BCUT2D eigenvalue weighted by molar-refractivity contribution is 6.05. The number of para-hydroxylation sites is 1. The van der Waals surface area contributed by atoms with E-state index in [0.29, 0.717) is 55.3 Å². The second-order valence-corrected chi connectivity index (χ2v) is 11.3. The van der Waals surface area contributed by atoms with Crippen LogP contribution in [0.3, 0.4) is 0 Å². The van der Waals surface area contributed by atoms with Crippen molar-refractivity contribution in [3.05, 3.63) is 60.8 Å². The number of halogens is 3. The maximum Gasteiger partial charge on any atom is 0.451 e. The van der Waals surface area contributed by atoms with E-state index in [0.717, 1.165) is 30.8 Å². The third kappa shape index (κ3) is 5.31. The van der Waals surface area contributed by atoms with Gasteiger partial charge in [-0.3, -0.25) is 0 Å². The van der Waals surface area contributed by atoms with Crippen LogP contribution in [0.15, 0.2) is 59.4 Å². The van der Waals surface area contributed by atoms with Gasteiger partial charge in [-0.25, -0.2) is 19.6 Å². The molecule has 3 aliphatic heterocycles. The number of nitrogens with zero attached hydrogens (tertiary/aromatic N) is 7. The van der Waals surface area contributed by atoms with Gasteiger partial charge in [-0.05, 0) is 44.0 Å². The van der Waals surface area contributed by atoms with E-state index in [4.69, 9.17) is 18.6 Å². The molecule has 3 fully saturated rings. The van der Waals surface area contributed by atoms with Crippen LogP contribution in [0.4, 0.5) is 24.7 Å². The SMILES string of the molecule is COc1ncc(-n2cccn2)cc1N1CCOC2(COC2)C1C.FC(F)(F)c1nc(N2CCCC2)c2oc3ccccc3c2n1. The van der Waals surface area contributed by atoms with Gasteiger partial charge in [0, 0.05) is 37.4 Å². The number of hydrogen-bond donors (Lipinski definition) is 0. The van der Waals surface area contributed by atoms with Gasteiger partial charge in [0.05, 0.1) is 44.9 Å². The Hall–Kier alpha value is -4.43. The van der Waals surface area contributed by atoms with Gasteiger partial charge < -0.3 is 28.4 Å². The van der Waals surface area contributed by atoms with Gasteiger partial charge in [-0.15, -0.1) is 0 Å². The van der Waals surface area contributed by atoms with Crippen LogP contribution >= 0.6 is 0 Å². The molecule has 3 aliphatic rings. The molecule has 4 aromatic heterocycles. The van der Waals surface area contributed by atoms with Crippen LogP contribution in [-0.4, -0.2) is 82.9 Å². The first-order chi connectivity index (χ1) is 21.8. The number of aromatic nitrogens is 5. The van der Waals surface area contributed by atoms with Crippen molar-refractivity contribution in [1.82, 2.24) is 24.7 Å². The standard InChI is InChI=1S/C16H20N4O3.C15H12F3N3O/c1-12-16(10-22-11-16)23-7-6-19(12)14-8-13(9-17-15(14)21-2)20-5-3-4-18-20;16-15(17,18)14-19-11-9-5-1-2-6-10(9)22-12(11)13(20-14)21-7-3-4-8-21/h3-5,8-9,12H,6-7,10-11H2,1-2H3;1-2,5-6H,3-4,7-8H2. The van der Waals surface area contributed by atoms with Crippen molar-refractivity contribution in [2.45, 2.75) is 37.6 Å². The summed E-state index contributed by atoms with van der Waals surface area (Å²) in [5.74, 6) is -0.260. The average molecular weight is 624 g/mol. The van der Waals surface area contributed by atoms with Gasteiger partial charge in [0.2, 0.25) is 11.7 Å². The van der Waals surface area contributed by atoms with E-state index < -0.39 is 12.0 Å². The van der Waals surface area contributed by atoms with E-state index in [1.807, 2.05) is 17.2 Å². The van der Waals surface area contributed by atoms with Crippen LogP contribution in [0, 0.1) is 0 Å². The topological polar surface area (TPSA) is 104 Å². The van der Waals surface area contributed by atoms with Crippen molar-refractivity contribution < 1.29 is 31.8 Å². The number of hydrogen-bond acceptors (Lipinski definition) is 10. The molecule has 0 radical (unpaired) electrons. The van der Waals surface area contributed by atoms with Gasteiger partial charge in [0.1, 0.15) is 22.4 Å². The minimum atomic E-state index is -4.58. The van der Waals surface area contributed by atoms with Crippen LogP contribution in [0.2, 0.25) is 0 Å². The Bertz CT molecular complexity index is 1800. The lowest BCUT2D eigenvalue weighted by Gasteiger charge is -2.53. The molecule has 0 bridgehead atoms. The lowest BCUT2D eigenvalue weighted by Crippen LogP contribution is -2.68. The summed E-state index contributed by atoms with van der Waals surface area (Å²) in [6.45, 7) is 6.27. The number of furan rings is 1. The fraction of sp³-hybridized carbons (Fsp3) is 0.419. The van der Waals surface area contributed by atoms with Gasteiger partial charge in [-0.1, -0.05) is 12.1 Å². The highest BCUT2D eigenvalue weighted by Gasteiger charge is 2.50. The molecule has 236 valence electrons. The molecule has 0 saturated carbocycles. The van der Waals surface area contributed by atoms with Gasteiger partial charge in [0.25, 0.3) is 0 Å². The first-order valence-corrected chi connectivity index (χ1v) is 14.8. The molecule has 0 N–H and O–H groups in total. The highest BCUT2D eigenvalue weighted by Crippen LogP contribution is 2.39. The molecule has 7 heterocycles. The molecule has 1 unspecified atom stereocenters. The van der Waals surface area contributed by atoms with Crippen molar-refractivity contribution in [1.29, 1.82) is 0 Å². The zero-order valence-corrected chi connectivity index (χ0v) is 24.8. The summed E-state index contributed by atoms with van der Waals surface area (Å²) < 4.78 is 63.7. The lowest BCUT2D eigenvalue weighted by molar-refractivity contribution is -0.228. The minimum absolute atomic E-state index is 0.188. The number of anilines is 2. The summed E-state index contributed by atoms with van der Waals surface area (Å²) in [6.07, 6.45) is 2.71. The Morgan fingerprint density at radius 3 is 2.53 bits per heavy atom. The van der Waals surface area contributed by atoms with Crippen LogP contribution < -0.4 is 14.5 Å². The lowest BCUT2D eigenvalue weighted by atomic mass is 9.90. The van der Waals surface area contributed by atoms with E-state index in [9.17, 15) is 13.2 Å². The van der Waals surface area contributed by atoms with Crippen LogP contribution in [0.1, 0.15) is 25.6 Å². The number of ether oxygens (including phenoxy) is 3. The monoisotopic (exact) mass is 623 g/mol. The number of rotatable bonds is 4. The molecule has 1 aromatic carbocycles. The quantitative estimate of drug-likeness (QED) is 0.263. The fourth-order valence-corrected chi connectivity index (χ4v) is 6.09. The predicted molar refractivity (Wildman–Crippen MR) is 160 cm³/mol. The average Bonchev–Trinajstić information content (AvgIpc) is 3.81. The largest absolute Gasteiger partial charge is 0.480 e. The molecular formula is C31H32F3N7O4. The maximum atomic E-state index is 13.1. The summed E-state index contributed by atoms with van der Waals surface area (Å²) >= 11 is 0. The van der Waals surface area contributed by atoms with Gasteiger partial charge in [-0.2, -0.15) is 18.3 Å². The summed E-state index contributed by atoms with van der Waals surface area (Å²) in [4.78, 5) is 16.0. The van der Waals surface area contributed by atoms with Crippen molar-refractivity contribution in [3.8, 4) is 11.6 Å². The zero-order valence-electron chi connectivity index (χ0n) is 24.8. The molecule has 14 heteroatoms. The van der Waals surface area contributed by atoms with Crippen LogP contribution in [-0.2, 0) is 15.7 Å². The second kappa shape index (κ2) is 11.5. The number of alkyl halides is 3. The zero-order chi connectivity index (χ0) is 31.2. The Balaban J connectivity index is 0.000000145. The molecule has 1 spiro atoms. The van der Waals surface area contributed by atoms with Crippen molar-refractivity contribution >= 4 is 33.6 Å². The smallest absolute Gasteiger partial charge is 0.451 e. The molecule has 8 rings (SSSR count). The summed E-state index contributed by atoms with van der Waals surface area (Å²) in [6, 6.07) is 11.1. The molecule has 0 aliphatic carbocycles. The summed E-state index contributed by atoms with van der Waals surface area (Å²) in [5.41, 5.74) is 2.72. The van der Waals surface area contributed by atoms with E-state index in [2.05, 4.69) is 37.9 Å². The predicted octanol–water partition coefficient (Wildman–Crippen LogP) is 5.27. The number of fused-ring (bicyclic) bond motifs is 3. The highest BCUT2D eigenvalue weighted by atomic mass is 19.4. The van der Waals surface area contributed by atoms with E-state index >= 15 is 0 Å². The van der Waals surface area contributed by atoms with E-state index in [1.165, 1.54) is 0 Å². The minimum Gasteiger partial charge on any atom is -0.480 e. The maximum absolute atomic E-state index is 13.1. The fourth-order valence-electron chi connectivity index (χ4n) is 6.09. The van der Waals surface area contributed by atoms with Gasteiger partial charge >= 0.3 is 6.18 Å². The first-order valence-electron chi connectivity index (χ1n) is 14.8. The van der Waals surface area contributed by atoms with Gasteiger partial charge in [0.15, 0.2) is 11.4 Å². The number of benzene rings is 1. The molecular weight excluding hydrogens is 591 g/mol. The third-order valence-corrected chi connectivity index (χ3v) is 8.59. The summed E-state index contributed by atoms with van der Waals surface area (Å²) in [5, 5.41) is 4.85. The first kappa shape index (κ1) is 29.3. The van der Waals surface area contributed by atoms with E-state index in [-0.39, 0.29) is 23.0 Å². The second-order valence-electron chi connectivity index (χ2n) is 11.3. The van der Waals surface area contributed by atoms with Crippen molar-refractivity contribution in [2.24, 2.45) is 0 Å². The molecule has 1 atom stereocenters. The molecule has 5 aromatic rings. The van der Waals surface area contributed by atoms with Crippen molar-refractivity contribution in [3.63, 3.8) is 0 Å². The van der Waals surface area contributed by atoms with E-state index in [1.54, 1.807) is 48.5 Å². The number of morpholine rings is 1. The molecule has 11 nitrogen and oxygen atoms in total. The Morgan fingerprint density at radius 2 is 1.84 bits per heavy atom. The Labute approximate surface area is 256 Å². The molecule has 0 amide bonds. The Morgan fingerprint density at radius 1 is 1.04 bits per heavy atom.